The molecule has 0 spiro atoms. The van der Waals surface area contributed by atoms with Crippen molar-refractivity contribution in [2.45, 2.75) is 33.3 Å². The minimum Gasteiger partial charge on any atom is -0.483 e. The minimum absolute atomic E-state index is 0.393. The van der Waals surface area contributed by atoms with E-state index >= 15 is 0 Å². The lowest BCUT2D eigenvalue weighted by atomic mass is 10.1. The lowest BCUT2D eigenvalue weighted by Crippen LogP contribution is -2.34. The van der Waals surface area contributed by atoms with Crippen LogP contribution in [0.1, 0.15) is 31.9 Å². The van der Waals surface area contributed by atoms with Crippen LogP contribution in [0.15, 0.2) is 30.5 Å². The van der Waals surface area contributed by atoms with Crippen LogP contribution in [0.25, 0.3) is 5.57 Å². The molecule has 0 aromatic heterocycles. The Morgan fingerprint density at radius 1 is 1.22 bits per heavy atom. The number of carbonyl (C=O) groups is 1. The molecule has 0 aliphatic carbocycles. The van der Waals surface area contributed by atoms with E-state index in [1.807, 2.05) is 38.1 Å². The number of benzene rings is 1. The van der Waals surface area contributed by atoms with Crippen LogP contribution in [0, 0.1) is 6.92 Å². The predicted octanol–water partition coefficient (Wildman–Crippen LogP) is 3.32. The maximum absolute atomic E-state index is 11.5. The number of ether oxygens (including phenoxy) is 2. The average Bonchev–Trinajstić information content (AvgIpc) is 2.35. The smallest absolute Gasteiger partial charge is 0.349 e. The van der Waals surface area contributed by atoms with Crippen molar-refractivity contribution in [1.29, 1.82) is 0 Å². The minimum atomic E-state index is -0.972. The van der Waals surface area contributed by atoms with Crippen molar-refractivity contribution in [2.24, 2.45) is 0 Å². The number of rotatable bonds is 4. The lowest BCUT2D eigenvalue weighted by molar-refractivity contribution is -0.159. The van der Waals surface area contributed by atoms with Gasteiger partial charge in [-0.15, -0.1) is 0 Å². The summed E-state index contributed by atoms with van der Waals surface area (Å²) >= 11 is 0. The molecule has 0 fully saturated rings. The second-order valence-corrected chi connectivity index (χ2v) is 4.79. The van der Waals surface area contributed by atoms with Crippen LogP contribution in [0.5, 0.6) is 0 Å². The van der Waals surface area contributed by atoms with Crippen LogP contribution in [0.4, 0.5) is 0 Å². The Bertz CT molecular complexity index is 441. The molecule has 1 aromatic carbocycles. The summed E-state index contributed by atoms with van der Waals surface area (Å²) in [6.07, 6.45) is 1.60. The highest BCUT2D eigenvalue weighted by Crippen LogP contribution is 2.18. The molecule has 1 aromatic rings. The van der Waals surface area contributed by atoms with E-state index in [0.29, 0.717) is 0 Å². The van der Waals surface area contributed by atoms with E-state index in [9.17, 15) is 4.79 Å². The molecule has 0 radical (unpaired) electrons. The summed E-state index contributed by atoms with van der Waals surface area (Å²) in [4.78, 5) is 11.5. The van der Waals surface area contributed by atoms with Gasteiger partial charge in [-0.25, -0.2) is 4.79 Å². The van der Waals surface area contributed by atoms with Crippen LogP contribution in [-0.4, -0.2) is 18.7 Å². The zero-order chi connectivity index (χ0) is 13.8. The largest absolute Gasteiger partial charge is 0.483 e. The molecule has 0 amide bonds. The van der Waals surface area contributed by atoms with Crippen molar-refractivity contribution >= 4 is 11.5 Å². The molecule has 1 rings (SSSR count). The highest BCUT2D eigenvalue weighted by Gasteiger charge is 2.29. The average molecular weight is 248 g/mol. The molecule has 98 valence electrons. The van der Waals surface area contributed by atoms with Gasteiger partial charge in [-0.05, 0) is 38.8 Å². The molecular weight excluding hydrogens is 228 g/mol. The molecule has 0 unspecified atom stereocenters. The summed E-state index contributed by atoms with van der Waals surface area (Å²) in [6.45, 7) is 7.34. The Hall–Kier alpha value is -1.77. The van der Waals surface area contributed by atoms with Crippen LogP contribution in [0.2, 0.25) is 0 Å². The molecule has 18 heavy (non-hydrogen) atoms. The maximum atomic E-state index is 11.5. The van der Waals surface area contributed by atoms with E-state index in [4.69, 9.17) is 4.74 Å². The van der Waals surface area contributed by atoms with Crippen LogP contribution >= 0.6 is 0 Å². The molecule has 0 saturated heterocycles. The summed E-state index contributed by atoms with van der Waals surface area (Å²) in [5.41, 5.74) is 2.27. The van der Waals surface area contributed by atoms with Gasteiger partial charge in [-0.1, -0.05) is 29.8 Å². The second kappa shape index (κ2) is 5.71. The summed E-state index contributed by atoms with van der Waals surface area (Å²) in [5, 5.41) is 0. The van der Waals surface area contributed by atoms with Crippen molar-refractivity contribution in [2.75, 3.05) is 7.11 Å². The third-order valence-corrected chi connectivity index (χ3v) is 2.71. The molecule has 0 atom stereocenters. The van der Waals surface area contributed by atoms with Gasteiger partial charge < -0.3 is 9.47 Å². The number of hydrogen-bond acceptors (Lipinski definition) is 3. The van der Waals surface area contributed by atoms with Gasteiger partial charge in [-0.2, -0.15) is 0 Å². The Balaban J connectivity index is 2.79. The van der Waals surface area contributed by atoms with E-state index in [-0.39, 0.29) is 0 Å². The van der Waals surface area contributed by atoms with Gasteiger partial charge in [-0.3, -0.25) is 0 Å². The monoisotopic (exact) mass is 248 g/mol. The summed E-state index contributed by atoms with van der Waals surface area (Å²) < 4.78 is 10.2. The molecule has 3 nitrogen and oxygen atoms in total. The second-order valence-electron chi connectivity index (χ2n) is 4.79. The number of esters is 1. The van der Waals surface area contributed by atoms with Crippen LogP contribution in [-0.2, 0) is 14.3 Å². The first-order valence-corrected chi connectivity index (χ1v) is 5.87. The summed E-state index contributed by atoms with van der Waals surface area (Å²) in [5.74, 6) is -0.393. The van der Waals surface area contributed by atoms with Gasteiger partial charge in [0.1, 0.15) is 0 Å². The van der Waals surface area contributed by atoms with Crippen molar-refractivity contribution in [3.05, 3.63) is 41.7 Å². The predicted molar refractivity (Wildman–Crippen MR) is 72.0 cm³/mol. The molecule has 0 N–H and O–H groups in total. The number of allylic oxidation sites excluding steroid dienone is 1. The third kappa shape index (κ3) is 3.62. The van der Waals surface area contributed by atoms with Crippen molar-refractivity contribution in [3.63, 3.8) is 0 Å². The Morgan fingerprint density at radius 2 is 1.78 bits per heavy atom. The zero-order valence-corrected chi connectivity index (χ0v) is 11.6. The quantitative estimate of drug-likeness (QED) is 0.605. The van der Waals surface area contributed by atoms with Gasteiger partial charge in [0.05, 0.1) is 13.4 Å². The van der Waals surface area contributed by atoms with Gasteiger partial charge in [0.2, 0.25) is 0 Å². The van der Waals surface area contributed by atoms with Gasteiger partial charge in [0.15, 0.2) is 5.60 Å². The maximum Gasteiger partial charge on any atom is 0.349 e. The third-order valence-electron chi connectivity index (χ3n) is 2.71. The SMILES string of the molecule is COC(=O)C(C)(C)OC=C(C)c1ccc(C)cc1. The molecule has 0 heterocycles. The zero-order valence-electron chi connectivity index (χ0n) is 11.6. The first-order chi connectivity index (χ1) is 8.36. The van der Waals surface area contributed by atoms with Crippen molar-refractivity contribution in [1.82, 2.24) is 0 Å². The number of aryl methyl sites for hydroxylation is 1. The standard InChI is InChI=1S/C15H20O3/c1-11-6-8-13(9-7-11)12(2)10-18-15(3,4)14(16)17-5/h6-10H,1-5H3. The number of carbonyl (C=O) groups excluding carboxylic acids is 1. The van der Waals surface area contributed by atoms with Gasteiger partial charge >= 0.3 is 5.97 Å². The lowest BCUT2D eigenvalue weighted by Gasteiger charge is -2.21. The fourth-order valence-corrected chi connectivity index (χ4v) is 1.41. The van der Waals surface area contributed by atoms with Crippen molar-refractivity contribution < 1.29 is 14.3 Å². The first kappa shape index (κ1) is 14.3. The molecular formula is C15H20O3. The Morgan fingerprint density at radius 3 is 2.28 bits per heavy atom. The highest BCUT2D eigenvalue weighted by molar-refractivity contribution is 5.78. The topological polar surface area (TPSA) is 35.5 Å². The van der Waals surface area contributed by atoms with Gasteiger partial charge in [0.25, 0.3) is 0 Å². The molecule has 0 bridgehead atoms. The van der Waals surface area contributed by atoms with Crippen LogP contribution in [0.3, 0.4) is 0 Å². The molecule has 3 heteroatoms. The van der Waals surface area contributed by atoms with Gasteiger partial charge in [0, 0.05) is 0 Å². The fourth-order valence-electron chi connectivity index (χ4n) is 1.41. The number of hydrogen-bond donors (Lipinski definition) is 0. The molecule has 0 saturated carbocycles. The van der Waals surface area contributed by atoms with E-state index in [0.717, 1.165) is 11.1 Å². The first-order valence-electron chi connectivity index (χ1n) is 5.87. The normalized spacial score (nSPS) is 12.2. The van der Waals surface area contributed by atoms with E-state index in [2.05, 4.69) is 4.74 Å². The Kier molecular flexibility index (Phi) is 4.54. The fraction of sp³-hybridized carbons (Fsp3) is 0.400. The molecule has 0 aliphatic rings. The summed E-state index contributed by atoms with van der Waals surface area (Å²) in [7, 11) is 1.35. The molecule has 0 aliphatic heterocycles. The number of methoxy groups -OCH3 is 1. The summed E-state index contributed by atoms with van der Waals surface area (Å²) in [6, 6.07) is 8.13. The highest BCUT2D eigenvalue weighted by atomic mass is 16.6. The van der Waals surface area contributed by atoms with Crippen molar-refractivity contribution in [3.8, 4) is 0 Å². The van der Waals surface area contributed by atoms with Crippen LogP contribution < -0.4 is 0 Å². The van der Waals surface area contributed by atoms with E-state index in [1.54, 1.807) is 20.1 Å². The Labute approximate surface area is 108 Å². The van der Waals surface area contributed by atoms with E-state index < -0.39 is 11.6 Å². The van der Waals surface area contributed by atoms with E-state index in [1.165, 1.54) is 12.7 Å².